The van der Waals surface area contributed by atoms with Gasteiger partial charge in [-0.25, -0.2) is 0 Å². The second-order valence-electron chi connectivity index (χ2n) is 6.01. The van der Waals surface area contributed by atoms with Crippen molar-refractivity contribution in [3.05, 3.63) is 53.6 Å². The first-order chi connectivity index (χ1) is 12.6. The van der Waals surface area contributed by atoms with Gasteiger partial charge < -0.3 is 19.5 Å². The van der Waals surface area contributed by atoms with E-state index < -0.39 is 0 Å². The van der Waals surface area contributed by atoms with E-state index in [0.29, 0.717) is 31.1 Å². The smallest absolute Gasteiger partial charge is 0.233 e. The first-order valence-electron chi connectivity index (χ1n) is 8.62. The van der Waals surface area contributed by atoms with Gasteiger partial charge >= 0.3 is 0 Å². The maximum absolute atomic E-state index is 12.4. The summed E-state index contributed by atoms with van der Waals surface area (Å²) in [7, 11) is 1.53. The third kappa shape index (κ3) is 4.07. The Labute approximate surface area is 157 Å². The number of carbonyl (C=O) groups is 1. The summed E-state index contributed by atoms with van der Waals surface area (Å²) < 4.78 is 10.7. The predicted molar refractivity (Wildman–Crippen MR) is 103 cm³/mol. The van der Waals surface area contributed by atoms with Crippen molar-refractivity contribution in [2.75, 3.05) is 26.0 Å². The summed E-state index contributed by atoms with van der Waals surface area (Å²) in [6.45, 7) is 3.19. The minimum Gasteiger partial charge on any atom is -0.504 e. The lowest BCUT2D eigenvalue weighted by atomic mass is 10.1. The van der Waals surface area contributed by atoms with Gasteiger partial charge in [-0.1, -0.05) is 18.2 Å². The van der Waals surface area contributed by atoms with Gasteiger partial charge in [-0.05, 0) is 48.7 Å². The normalized spacial score (nSPS) is 16.8. The Morgan fingerprint density at radius 3 is 2.88 bits per heavy atom. The van der Waals surface area contributed by atoms with E-state index >= 15 is 0 Å². The molecule has 1 aliphatic heterocycles. The van der Waals surface area contributed by atoms with Gasteiger partial charge in [0.15, 0.2) is 11.5 Å². The van der Waals surface area contributed by atoms with Crippen LogP contribution in [-0.4, -0.2) is 41.9 Å². The van der Waals surface area contributed by atoms with Crippen LogP contribution in [0.15, 0.2) is 42.5 Å². The van der Waals surface area contributed by atoms with Gasteiger partial charge in [0, 0.05) is 6.54 Å². The molecule has 138 valence electrons. The molecule has 3 rings (SSSR count). The van der Waals surface area contributed by atoms with E-state index in [1.165, 1.54) is 7.11 Å². The Bertz CT molecular complexity index is 780. The number of nitrogens with zero attached hydrogens (tertiary/aromatic N) is 1. The fourth-order valence-electron chi connectivity index (χ4n) is 3.02. The van der Waals surface area contributed by atoms with E-state index in [1.807, 2.05) is 48.2 Å². The van der Waals surface area contributed by atoms with E-state index in [-0.39, 0.29) is 17.0 Å². The van der Waals surface area contributed by atoms with Crippen LogP contribution in [0.2, 0.25) is 0 Å². The Balaban J connectivity index is 1.73. The average molecular weight is 373 g/mol. The topological polar surface area (TPSA) is 59.0 Å². The van der Waals surface area contributed by atoms with Gasteiger partial charge in [0.2, 0.25) is 5.91 Å². The summed E-state index contributed by atoms with van der Waals surface area (Å²) in [5, 5.41) is 9.71. The summed E-state index contributed by atoms with van der Waals surface area (Å²) in [5.74, 6) is 2.03. The second kappa shape index (κ2) is 8.36. The molecule has 1 amide bonds. The quantitative estimate of drug-likeness (QED) is 0.803. The van der Waals surface area contributed by atoms with Gasteiger partial charge in [-0.2, -0.15) is 0 Å². The van der Waals surface area contributed by atoms with Crippen LogP contribution < -0.4 is 9.47 Å². The molecule has 1 heterocycles. The fraction of sp³-hybridized carbons (Fsp3) is 0.350. The predicted octanol–water partition coefficient (Wildman–Crippen LogP) is 3.62. The van der Waals surface area contributed by atoms with Crippen LogP contribution in [0.5, 0.6) is 17.2 Å². The maximum atomic E-state index is 12.4. The molecule has 1 N–H and O–H groups in total. The fourth-order valence-corrected chi connectivity index (χ4v) is 4.23. The Morgan fingerprint density at radius 1 is 1.27 bits per heavy atom. The summed E-state index contributed by atoms with van der Waals surface area (Å²) >= 11 is 1.64. The molecule has 1 fully saturated rings. The van der Waals surface area contributed by atoms with Crippen LogP contribution in [0, 0.1) is 0 Å². The number of hydrogen-bond acceptors (Lipinski definition) is 5. The standard InChI is InChI=1S/C20H23NO4S/c1-3-25-16-6-4-5-15(12-16)20-21(19(23)13-26-20)10-9-14-7-8-17(22)18(11-14)24-2/h4-8,11-12,20,22H,3,9-10,13H2,1-2H3. The van der Waals surface area contributed by atoms with Crippen molar-refractivity contribution in [3.63, 3.8) is 0 Å². The number of benzene rings is 2. The van der Waals surface area contributed by atoms with Gasteiger partial charge in [0.25, 0.3) is 0 Å². The number of carbonyl (C=O) groups excluding carboxylic acids is 1. The number of aromatic hydroxyl groups is 1. The largest absolute Gasteiger partial charge is 0.504 e. The number of methoxy groups -OCH3 is 1. The zero-order chi connectivity index (χ0) is 18.5. The molecule has 2 aromatic carbocycles. The zero-order valence-electron chi connectivity index (χ0n) is 15.0. The zero-order valence-corrected chi connectivity index (χ0v) is 15.8. The van der Waals surface area contributed by atoms with E-state index in [0.717, 1.165) is 16.9 Å². The van der Waals surface area contributed by atoms with Crippen molar-refractivity contribution >= 4 is 17.7 Å². The van der Waals surface area contributed by atoms with E-state index in [9.17, 15) is 9.90 Å². The van der Waals surface area contributed by atoms with Gasteiger partial charge in [-0.3, -0.25) is 4.79 Å². The lowest BCUT2D eigenvalue weighted by molar-refractivity contribution is -0.128. The summed E-state index contributed by atoms with van der Waals surface area (Å²) in [6.07, 6.45) is 0.699. The van der Waals surface area contributed by atoms with Crippen LogP contribution in [0.4, 0.5) is 0 Å². The molecule has 0 bridgehead atoms. The molecule has 0 aromatic heterocycles. The summed E-state index contributed by atoms with van der Waals surface area (Å²) in [4.78, 5) is 14.3. The molecule has 2 aromatic rings. The van der Waals surface area contributed by atoms with Gasteiger partial charge in [0.05, 0.1) is 19.5 Å². The number of phenols is 1. The molecule has 0 saturated carbocycles. The molecular weight excluding hydrogens is 350 g/mol. The van der Waals surface area contributed by atoms with Crippen LogP contribution in [0.3, 0.4) is 0 Å². The number of phenolic OH excluding ortho intramolecular Hbond substituents is 1. The maximum Gasteiger partial charge on any atom is 0.233 e. The van der Waals surface area contributed by atoms with Crippen molar-refractivity contribution in [1.82, 2.24) is 4.90 Å². The van der Waals surface area contributed by atoms with Gasteiger partial charge in [-0.15, -0.1) is 11.8 Å². The van der Waals surface area contributed by atoms with Crippen molar-refractivity contribution < 1.29 is 19.4 Å². The van der Waals surface area contributed by atoms with Crippen LogP contribution in [-0.2, 0) is 11.2 Å². The van der Waals surface area contributed by atoms with Crippen molar-refractivity contribution in [2.24, 2.45) is 0 Å². The SMILES string of the molecule is CCOc1cccc(C2SCC(=O)N2CCc2ccc(O)c(OC)c2)c1. The Hall–Kier alpha value is -2.34. The van der Waals surface area contributed by atoms with Crippen molar-refractivity contribution in [1.29, 1.82) is 0 Å². The van der Waals surface area contributed by atoms with Gasteiger partial charge in [0.1, 0.15) is 11.1 Å². The number of amides is 1. The molecule has 1 saturated heterocycles. The molecule has 1 atom stereocenters. The molecule has 0 spiro atoms. The lowest BCUT2D eigenvalue weighted by Gasteiger charge is -2.24. The van der Waals surface area contributed by atoms with Crippen molar-refractivity contribution in [3.8, 4) is 17.2 Å². The van der Waals surface area contributed by atoms with Crippen LogP contribution in [0.1, 0.15) is 23.4 Å². The molecule has 1 aliphatic rings. The average Bonchev–Trinajstić information content (AvgIpc) is 3.02. The number of rotatable bonds is 7. The van der Waals surface area contributed by atoms with E-state index in [2.05, 4.69) is 0 Å². The molecular formula is C20H23NO4S. The highest BCUT2D eigenvalue weighted by molar-refractivity contribution is 8.00. The highest BCUT2D eigenvalue weighted by Crippen LogP contribution is 2.39. The third-order valence-corrected chi connectivity index (χ3v) is 5.56. The Kier molecular flexibility index (Phi) is 5.93. The molecule has 6 heteroatoms. The van der Waals surface area contributed by atoms with E-state index in [4.69, 9.17) is 9.47 Å². The summed E-state index contributed by atoms with van der Waals surface area (Å²) in [6, 6.07) is 13.2. The minimum absolute atomic E-state index is 0.00177. The number of hydrogen-bond donors (Lipinski definition) is 1. The summed E-state index contributed by atoms with van der Waals surface area (Å²) in [5.41, 5.74) is 2.10. The van der Waals surface area contributed by atoms with Crippen molar-refractivity contribution in [2.45, 2.75) is 18.7 Å². The van der Waals surface area contributed by atoms with Crippen LogP contribution in [0.25, 0.3) is 0 Å². The molecule has 5 nitrogen and oxygen atoms in total. The van der Waals surface area contributed by atoms with E-state index in [1.54, 1.807) is 17.8 Å². The molecule has 26 heavy (non-hydrogen) atoms. The molecule has 1 unspecified atom stereocenters. The number of thioether (sulfide) groups is 1. The second-order valence-corrected chi connectivity index (χ2v) is 7.08. The Morgan fingerprint density at radius 2 is 2.12 bits per heavy atom. The lowest BCUT2D eigenvalue weighted by Crippen LogP contribution is -2.30. The number of ether oxygens (including phenoxy) is 2. The molecule has 0 radical (unpaired) electrons. The highest BCUT2D eigenvalue weighted by atomic mass is 32.2. The minimum atomic E-state index is 0.00177. The first-order valence-corrected chi connectivity index (χ1v) is 9.67. The highest BCUT2D eigenvalue weighted by Gasteiger charge is 2.32. The molecule has 0 aliphatic carbocycles. The third-order valence-electron chi connectivity index (χ3n) is 4.31. The first kappa shape index (κ1) is 18.5. The van der Waals surface area contributed by atoms with Crippen LogP contribution >= 0.6 is 11.8 Å². The monoisotopic (exact) mass is 373 g/mol.